The lowest BCUT2D eigenvalue weighted by molar-refractivity contribution is 0.0923. The summed E-state index contributed by atoms with van der Waals surface area (Å²) >= 11 is 0.717. The second kappa shape index (κ2) is 11.7. The number of anilines is 3. The van der Waals surface area contributed by atoms with Gasteiger partial charge in [-0.2, -0.15) is 0 Å². The van der Waals surface area contributed by atoms with Gasteiger partial charge in [0.05, 0.1) is 37.4 Å². The molecule has 1 aromatic heterocycles. The molecule has 1 saturated carbocycles. The zero-order valence-electron chi connectivity index (χ0n) is 21.2. The van der Waals surface area contributed by atoms with Crippen LogP contribution in [0.25, 0.3) is 0 Å². The van der Waals surface area contributed by atoms with Gasteiger partial charge in [-0.3, -0.25) is 10.1 Å². The number of hydrogen-bond donors (Lipinski definition) is 3. The van der Waals surface area contributed by atoms with Gasteiger partial charge < -0.3 is 15.0 Å². The molecule has 2 aromatic rings. The Morgan fingerprint density at radius 2 is 1.76 bits per heavy atom. The molecular formula is C23H31N5O7S3. The topological polar surface area (TPSA) is 164 Å². The van der Waals surface area contributed by atoms with Gasteiger partial charge in [0.1, 0.15) is 4.21 Å². The molecule has 2 heterocycles. The van der Waals surface area contributed by atoms with E-state index >= 15 is 0 Å². The fraction of sp³-hybridized carbons (Fsp3) is 0.522. The van der Waals surface area contributed by atoms with Crippen molar-refractivity contribution in [3.8, 4) is 0 Å². The van der Waals surface area contributed by atoms with Gasteiger partial charge in [-0.15, -0.1) is 0 Å². The number of ether oxygens (including phenoxy) is 1. The highest BCUT2D eigenvalue weighted by Crippen LogP contribution is 2.33. The Hall–Kier alpha value is -2.59. The molecule has 0 radical (unpaired) electrons. The van der Waals surface area contributed by atoms with Crippen LogP contribution in [0.3, 0.4) is 0 Å². The number of urea groups is 1. The van der Waals surface area contributed by atoms with Gasteiger partial charge in [0.15, 0.2) is 20.8 Å². The van der Waals surface area contributed by atoms with Crippen LogP contribution in [0.4, 0.5) is 21.3 Å². The van der Waals surface area contributed by atoms with Gasteiger partial charge in [0, 0.05) is 36.5 Å². The molecule has 15 heteroatoms. The first-order valence-corrected chi connectivity index (χ1v) is 16.7. The third kappa shape index (κ3) is 7.28. The van der Waals surface area contributed by atoms with Crippen molar-refractivity contribution in [2.24, 2.45) is 5.92 Å². The first-order chi connectivity index (χ1) is 17.9. The Balaban J connectivity index is 1.56. The summed E-state index contributed by atoms with van der Waals surface area (Å²) in [4.78, 5) is 32.5. The summed E-state index contributed by atoms with van der Waals surface area (Å²) in [5.41, 5.74) is 1.62. The highest BCUT2D eigenvalue weighted by Gasteiger charge is 2.28. The van der Waals surface area contributed by atoms with E-state index < -0.39 is 25.9 Å². The summed E-state index contributed by atoms with van der Waals surface area (Å²) in [6.07, 6.45) is 5.53. The number of benzene rings is 1. The van der Waals surface area contributed by atoms with Gasteiger partial charge in [-0.05, 0) is 31.0 Å². The van der Waals surface area contributed by atoms with Gasteiger partial charge in [0.25, 0.3) is 0 Å². The van der Waals surface area contributed by atoms with Gasteiger partial charge in [-0.1, -0.05) is 24.2 Å². The van der Waals surface area contributed by atoms with E-state index in [-0.39, 0.29) is 33.3 Å². The van der Waals surface area contributed by atoms with Crippen LogP contribution in [0.2, 0.25) is 0 Å². The third-order valence-corrected chi connectivity index (χ3v) is 9.88. The quantitative estimate of drug-likeness (QED) is 0.375. The van der Waals surface area contributed by atoms with Crippen molar-refractivity contribution in [1.82, 2.24) is 9.71 Å². The smallest absolute Gasteiger partial charge is 0.325 e. The molecule has 1 aliphatic heterocycles. The second-order valence-electron chi connectivity index (χ2n) is 9.37. The maximum absolute atomic E-state index is 13.4. The number of nitrogens with zero attached hydrogens (tertiary/aromatic N) is 2. The number of ketones is 1. The zero-order chi connectivity index (χ0) is 27.5. The Labute approximate surface area is 226 Å². The SMILES string of the molecule is CS(=O)(=O)NCc1nc(NC(=O)Nc2ccc(N3CCOCC3)cc2C(=O)C2CCCC2)sc1S(C)(=O)=O. The lowest BCUT2D eigenvalue weighted by Gasteiger charge is -2.29. The molecule has 2 amide bonds. The van der Waals surface area contributed by atoms with Crippen LogP contribution in [0.5, 0.6) is 0 Å². The number of amides is 2. The highest BCUT2D eigenvalue weighted by atomic mass is 32.2. The Bertz CT molecular complexity index is 1410. The van der Waals surface area contributed by atoms with E-state index in [9.17, 15) is 26.4 Å². The largest absolute Gasteiger partial charge is 0.378 e. The van der Waals surface area contributed by atoms with E-state index in [0.717, 1.165) is 43.9 Å². The number of thiazole rings is 1. The molecule has 2 aliphatic rings. The molecular weight excluding hydrogens is 554 g/mol. The minimum atomic E-state index is -3.73. The first kappa shape index (κ1) is 28.4. The average molecular weight is 586 g/mol. The number of aromatic nitrogens is 1. The fourth-order valence-electron chi connectivity index (χ4n) is 4.51. The lowest BCUT2D eigenvalue weighted by atomic mass is 9.94. The number of sulfonamides is 1. The molecule has 0 spiro atoms. The van der Waals surface area contributed by atoms with Crippen LogP contribution < -0.4 is 20.3 Å². The predicted molar refractivity (Wildman–Crippen MR) is 145 cm³/mol. The Morgan fingerprint density at radius 1 is 1.08 bits per heavy atom. The van der Waals surface area contributed by atoms with Crippen LogP contribution in [-0.4, -0.2) is 72.4 Å². The number of carbonyl (C=O) groups is 2. The summed E-state index contributed by atoms with van der Waals surface area (Å²) in [6, 6.07) is 4.63. The fourth-order valence-corrected chi connectivity index (χ4v) is 7.01. The number of nitrogens with one attached hydrogen (secondary N) is 3. The summed E-state index contributed by atoms with van der Waals surface area (Å²) in [7, 11) is -7.32. The van der Waals surface area contributed by atoms with Crippen molar-refractivity contribution in [3.05, 3.63) is 29.5 Å². The monoisotopic (exact) mass is 585 g/mol. The third-order valence-electron chi connectivity index (χ3n) is 6.34. The van der Waals surface area contributed by atoms with Crippen LogP contribution in [0, 0.1) is 5.92 Å². The molecule has 38 heavy (non-hydrogen) atoms. The number of rotatable bonds is 9. The molecule has 4 rings (SSSR count). The maximum Gasteiger partial charge on any atom is 0.325 e. The van der Waals surface area contributed by atoms with E-state index in [4.69, 9.17) is 4.74 Å². The van der Waals surface area contributed by atoms with Crippen molar-refractivity contribution in [2.75, 3.05) is 54.3 Å². The van der Waals surface area contributed by atoms with Crippen molar-refractivity contribution < 1.29 is 31.2 Å². The van der Waals surface area contributed by atoms with Crippen LogP contribution in [0.15, 0.2) is 22.4 Å². The van der Waals surface area contributed by atoms with E-state index in [2.05, 4.69) is 25.2 Å². The number of hydrogen-bond acceptors (Lipinski definition) is 10. The Morgan fingerprint density at radius 3 is 2.39 bits per heavy atom. The molecule has 1 saturated heterocycles. The molecule has 2 fully saturated rings. The maximum atomic E-state index is 13.4. The highest BCUT2D eigenvalue weighted by molar-refractivity contribution is 7.93. The summed E-state index contributed by atoms with van der Waals surface area (Å²) < 4.78 is 54.8. The van der Waals surface area contributed by atoms with Gasteiger partial charge in [-0.25, -0.2) is 31.3 Å². The van der Waals surface area contributed by atoms with Crippen molar-refractivity contribution in [3.63, 3.8) is 0 Å². The Kier molecular flexibility index (Phi) is 8.72. The van der Waals surface area contributed by atoms with Crippen LogP contribution in [0.1, 0.15) is 41.7 Å². The van der Waals surface area contributed by atoms with Crippen LogP contribution >= 0.6 is 11.3 Å². The minimum absolute atomic E-state index is 0.0179. The van der Waals surface area contributed by atoms with Crippen molar-refractivity contribution >= 4 is 59.5 Å². The van der Waals surface area contributed by atoms with Crippen molar-refractivity contribution in [2.45, 2.75) is 36.4 Å². The summed E-state index contributed by atoms with van der Waals surface area (Å²) in [5, 5.41) is 5.19. The molecule has 0 atom stereocenters. The molecule has 0 unspecified atom stereocenters. The summed E-state index contributed by atoms with van der Waals surface area (Å²) in [6.45, 7) is 2.25. The van der Waals surface area contributed by atoms with E-state index in [1.54, 1.807) is 6.07 Å². The average Bonchev–Trinajstić information content (AvgIpc) is 3.53. The van der Waals surface area contributed by atoms with E-state index in [1.165, 1.54) is 0 Å². The molecule has 1 aliphatic carbocycles. The van der Waals surface area contributed by atoms with Gasteiger partial charge >= 0.3 is 6.03 Å². The first-order valence-electron chi connectivity index (χ1n) is 12.1. The number of Topliss-reactive ketones (excluding diaryl/α,β-unsaturated/α-hetero) is 1. The molecule has 0 bridgehead atoms. The molecule has 3 N–H and O–H groups in total. The molecule has 1 aromatic carbocycles. The summed E-state index contributed by atoms with van der Waals surface area (Å²) in [5.74, 6) is -0.115. The number of morpholine rings is 1. The standard InChI is InChI=1S/C23H31N5O7S3/c1-37(31,32)21-19(14-24-38(2,33)34)26-23(36-21)27-22(30)25-18-8-7-16(28-9-11-35-12-10-28)13-17(18)20(29)15-5-3-4-6-15/h7-8,13,15,24H,3-6,9-12,14H2,1-2H3,(H2,25,26,27,30). The van der Waals surface area contributed by atoms with E-state index in [0.29, 0.717) is 48.9 Å². The lowest BCUT2D eigenvalue weighted by Crippen LogP contribution is -2.36. The number of sulfone groups is 1. The second-order valence-corrected chi connectivity index (χ2v) is 14.4. The molecule has 12 nitrogen and oxygen atoms in total. The minimum Gasteiger partial charge on any atom is -0.378 e. The zero-order valence-corrected chi connectivity index (χ0v) is 23.6. The van der Waals surface area contributed by atoms with Crippen molar-refractivity contribution in [1.29, 1.82) is 0 Å². The van der Waals surface area contributed by atoms with E-state index in [1.807, 2.05) is 12.1 Å². The number of carbonyl (C=O) groups excluding carboxylic acids is 2. The molecule has 208 valence electrons. The predicted octanol–water partition coefficient (Wildman–Crippen LogP) is 2.45. The normalized spacial score (nSPS) is 16.9. The van der Waals surface area contributed by atoms with Crippen LogP contribution in [-0.2, 0) is 31.1 Å². The van der Waals surface area contributed by atoms with Gasteiger partial charge in [0.2, 0.25) is 10.0 Å².